The van der Waals surface area contributed by atoms with E-state index in [-0.39, 0.29) is 0 Å². The molecule has 0 aromatic carbocycles. The maximum absolute atomic E-state index is 12.1. The molecule has 2 N–H and O–H groups in total. The lowest BCUT2D eigenvalue weighted by Crippen LogP contribution is -2.58. The highest BCUT2D eigenvalue weighted by Crippen LogP contribution is 2.48. The standard InChI is InChI=1S/C8H4F12O2/c9-5(10,11)3(21,6(12,13)14)1-2-4(22,7(15,16)17)8(18,19)20/h1-2,21-22H. The summed E-state index contributed by atoms with van der Waals surface area (Å²) >= 11 is 0. The Morgan fingerprint density at radius 1 is 0.409 bits per heavy atom. The maximum atomic E-state index is 12.1. The molecule has 2 nitrogen and oxygen atoms in total. The molecule has 0 amide bonds. The van der Waals surface area contributed by atoms with Crippen LogP contribution < -0.4 is 0 Å². The zero-order valence-corrected chi connectivity index (χ0v) is 9.58. The normalized spacial score (nSPS) is 16.5. The maximum Gasteiger partial charge on any atom is 0.429 e. The molecule has 22 heavy (non-hydrogen) atoms. The molecule has 0 aromatic rings. The van der Waals surface area contributed by atoms with Gasteiger partial charge < -0.3 is 10.2 Å². The quantitative estimate of drug-likeness (QED) is 0.586. The average molecular weight is 360 g/mol. The Bertz CT molecular complexity index is 354. The second-order valence-electron chi connectivity index (χ2n) is 3.86. The molecular formula is C8H4F12O2. The van der Waals surface area contributed by atoms with Gasteiger partial charge >= 0.3 is 24.7 Å². The third-order valence-electron chi connectivity index (χ3n) is 2.29. The van der Waals surface area contributed by atoms with Gasteiger partial charge in [0.05, 0.1) is 0 Å². The number of aliphatic hydroxyl groups is 2. The van der Waals surface area contributed by atoms with Crippen LogP contribution >= 0.6 is 0 Å². The fraction of sp³-hybridized carbons (Fsp3) is 0.750. The van der Waals surface area contributed by atoms with Gasteiger partial charge in [0, 0.05) is 0 Å². The van der Waals surface area contributed by atoms with E-state index in [1.807, 2.05) is 0 Å². The fourth-order valence-electron chi connectivity index (χ4n) is 0.941. The van der Waals surface area contributed by atoms with Gasteiger partial charge in [-0.2, -0.15) is 52.7 Å². The van der Waals surface area contributed by atoms with Gasteiger partial charge in [0.2, 0.25) is 0 Å². The summed E-state index contributed by atoms with van der Waals surface area (Å²) in [7, 11) is 0. The molecule has 0 saturated carbocycles. The van der Waals surface area contributed by atoms with E-state index in [4.69, 9.17) is 10.2 Å². The van der Waals surface area contributed by atoms with Gasteiger partial charge in [-0.3, -0.25) is 0 Å². The summed E-state index contributed by atoms with van der Waals surface area (Å²) in [5.41, 5.74) is -12.0. The lowest BCUT2D eigenvalue weighted by molar-refractivity contribution is -0.355. The SMILES string of the molecule is OC(C=CC(O)(C(F)(F)F)C(F)(F)F)(C(F)(F)F)C(F)(F)F. The van der Waals surface area contributed by atoms with Gasteiger partial charge in [-0.1, -0.05) is 0 Å². The van der Waals surface area contributed by atoms with Crippen LogP contribution in [-0.2, 0) is 0 Å². The van der Waals surface area contributed by atoms with Crippen LogP contribution in [0, 0.1) is 0 Å². The summed E-state index contributed by atoms with van der Waals surface area (Å²) < 4.78 is 145. The highest BCUT2D eigenvalue weighted by atomic mass is 19.4. The zero-order chi connectivity index (χ0) is 18.4. The molecule has 0 spiro atoms. The van der Waals surface area contributed by atoms with E-state index < -0.39 is 48.1 Å². The van der Waals surface area contributed by atoms with Gasteiger partial charge in [-0.05, 0) is 12.2 Å². The molecule has 0 atom stereocenters. The summed E-state index contributed by atoms with van der Waals surface area (Å²) in [5, 5.41) is 16.8. The van der Waals surface area contributed by atoms with E-state index in [1.54, 1.807) is 0 Å². The smallest absolute Gasteiger partial charge is 0.370 e. The molecule has 0 saturated heterocycles. The van der Waals surface area contributed by atoms with Crippen LogP contribution in [0.4, 0.5) is 52.7 Å². The Balaban J connectivity index is 6.18. The van der Waals surface area contributed by atoms with E-state index in [2.05, 4.69) is 0 Å². The Morgan fingerprint density at radius 2 is 0.545 bits per heavy atom. The van der Waals surface area contributed by atoms with Crippen LogP contribution in [0.5, 0.6) is 0 Å². The first-order valence-electron chi connectivity index (χ1n) is 4.63. The van der Waals surface area contributed by atoms with Crippen molar-refractivity contribution in [3.8, 4) is 0 Å². The fourth-order valence-corrected chi connectivity index (χ4v) is 0.941. The second-order valence-corrected chi connectivity index (χ2v) is 3.86. The first-order valence-corrected chi connectivity index (χ1v) is 4.63. The number of rotatable bonds is 2. The molecule has 0 heterocycles. The molecular weight excluding hydrogens is 356 g/mol. The highest BCUT2D eigenvalue weighted by molar-refractivity contribution is 5.19. The van der Waals surface area contributed by atoms with Crippen molar-refractivity contribution in [3.63, 3.8) is 0 Å². The van der Waals surface area contributed by atoms with E-state index in [0.717, 1.165) is 0 Å². The molecule has 0 bridgehead atoms. The molecule has 14 heteroatoms. The predicted molar refractivity (Wildman–Crippen MR) is 43.3 cm³/mol. The highest BCUT2D eigenvalue weighted by Gasteiger charge is 2.72. The number of halogens is 12. The first kappa shape index (κ1) is 20.8. The number of hydrogen-bond donors (Lipinski definition) is 2. The molecule has 0 unspecified atom stereocenters. The minimum Gasteiger partial charge on any atom is -0.370 e. The van der Waals surface area contributed by atoms with Crippen molar-refractivity contribution in [2.24, 2.45) is 0 Å². The molecule has 0 radical (unpaired) electrons. The Kier molecular flexibility index (Phi) is 4.90. The molecule has 0 aliphatic rings. The van der Waals surface area contributed by atoms with Crippen molar-refractivity contribution in [1.29, 1.82) is 0 Å². The first-order chi connectivity index (χ1) is 9.21. The average Bonchev–Trinajstić information content (AvgIpc) is 2.18. The van der Waals surface area contributed by atoms with Gasteiger partial charge in [-0.15, -0.1) is 0 Å². The molecule has 0 rings (SSSR count). The second kappa shape index (κ2) is 5.18. The van der Waals surface area contributed by atoms with Gasteiger partial charge in [0.1, 0.15) is 0 Å². The van der Waals surface area contributed by atoms with E-state index in [1.165, 1.54) is 0 Å². The van der Waals surface area contributed by atoms with Gasteiger partial charge in [-0.25, -0.2) is 0 Å². The van der Waals surface area contributed by atoms with Crippen molar-refractivity contribution in [3.05, 3.63) is 12.2 Å². The van der Waals surface area contributed by atoms with Gasteiger partial charge in [0.15, 0.2) is 0 Å². The summed E-state index contributed by atoms with van der Waals surface area (Å²) in [6.07, 6.45) is -30.5. The Morgan fingerprint density at radius 3 is 0.636 bits per heavy atom. The Labute approximate surface area is 112 Å². The van der Waals surface area contributed by atoms with Crippen molar-refractivity contribution in [2.75, 3.05) is 0 Å². The van der Waals surface area contributed by atoms with Crippen molar-refractivity contribution >= 4 is 0 Å². The van der Waals surface area contributed by atoms with E-state index in [0.29, 0.717) is 0 Å². The molecule has 0 aliphatic carbocycles. The third kappa shape index (κ3) is 3.42. The summed E-state index contributed by atoms with van der Waals surface area (Å²) in [4.78, 5) is 0. The summed E-state index contributed by atoms with van der Waals surface area (Å²) in [5.74, 6) is 0. The van der Waals surface area contributed by atoms with Crippen LogP contribution in [0.1, 0.15) is 0 Å². The summed E-state index contributed by atoms with van der Waals surface area (Å²) in [6.45, 7) is 0. The molecule has 0 aromatic heterocycles. The van der Waals surface area contributed by atoms with Crippen molar-refractivity contribution in [1.82, 2.24) is 0 Å². The molecule has 0 fully saturated rings. The largest absolute Gasteiger partial charge is 0.429 e. The Hall–Kier alpha value is -1.18. The van der Waals surface area contributed by atoms with Crippen LogP contribution in [0.25, 0.3) is 0 Å². The minimum absolute atomic E-state index is 1.85. The van der Waals surface area contributed by atoms with E-state index >= 15 is 0 Å². The molecule has 0 aliphatic heterocycles. The van der Waals surface area contributed by atoms with Crippen LogP contribution in [0.15, 0.2) is 12.2 Å². The molecule has 132 valence electrons. The van der Waals surface area contributed by atoms with Crippen molar-refractivity contribution in [2.45, 2.75) is 35.9 Å². The topological polar surface area (TPSA) is 40.5 Å². The third-order valence-corrected chi connectivity index (χ3v) is 2.29. The van der Waals surface area contributed by atoms with E-state index in [9.17, 15) is 52.7 Å². The number of hydrogen-bond acceptors (Lipinski definition) is 2. The van der Waals surface area contributed by atoms with Crippen LogP contribution in [0.2, 0.25) is 0 Å². The van der Waals surface area contributed by atoms with Crippen molar-refractivity contribution < 1.29 is 62.9 Å². The summed E-state index contributed by atoms with van der Waals surface area (Å²) in [6, 6.07) is 0. The predicted octanol–water partition coefficient (Wildman–Crippen LogP) is 3.25. The monoisotopic (exact) mass is 360 g/mol. The van der Waals surface area contributed by atoms with Crippen LogP contribution in [0.3, 0.4) is 0 Å². The van der Waals surface area contributed by atoms with Gasteiger partial charge in [0.25, 0.3) is 11.2 Å². The lowest BCUT2D eigenvalue weighted by Gasteiger charge is -2.33. The van der Waals surface area contributed by atoms with Crippen LogP contribution in [-0.4, -0.2) is 46.1 Å². The zero-order valence-electron chi connectivity index (χ0n) is 9.58. The lowest BCUT2D eigenvalue weighted by atomic mass is 9.95. The minimum atomic E-state index is -6.69. The number of alkyl halides is 12.